The van der Waals surface area contributed by atoms with Gasteiger partial charge < -0.3 is 4.42 Å². The Hall–Kier alpha value is -0.910. The van der Waals surface area contributed by atoms with Gasteiger partial charge in [-0.25, -0.2) is 0 Å². The van der Waals surface area contributed by atoms with Gasteiger partial charge in [-0.1, -0.05) is 0 Å². The molecule has 3 heterocycles. The molecule has 0 saturated carbocycles. The van der Waals surface area contributed by atoms with E-state index in [4.69, 9.17) is 4.42 Å². The molecule has 3 aromatic rings. The van der Waals surface area contributed by atoms with Crippen molar-refractivity contribution in [2.75, 3.05) is 0 Å². The Balaban J connectivity index is 2.04. The molecule has 0 fully saturated rings. The van der Waals surface area contributed by atoms with Crippen LogP contribution in [0.3, 0.4) is 0 Å². The Kier molecular flexibility index (Phi) is 2.46. The van der Waals surface area contributed by atoms with E-state index in [1.165, 1.54) is 11.3 Å². The van der Waals surface area contributed by atoms with Gasteiger partial charge in [0.2, 0.25) is 5.78 Å². The minimum atomic E-state index is -0.0564. The third-order valence-corrected chi connectivity index (χ3v) is 4.68. The number of carbonyl (C=O) groups is 1. The normalized spacial score (nSPS) is 11.1. The molecule has 0 unspecified atom stereocenters. The van der Waals surface area contributed by atoms with Crippen LogP contribution in [0.5, 0.6) is 0 Å². The van der Waals surface area contributed by atoms with Crippen molar-refractivity contribution in [2.45, 2.75) is 0 Å². The second-order valence-corrected chi connectivity index (χ2v) is 6.01. The number of fused-ring (bicyclic) bond motifs is 1. The van der Waals surface area contributed by atoms with E-state index in [9.17, 15) is 4.79 Å². The zero-order valence-electron chi connectivity index (χ0n) is 7.90. The zero-order chi connectivity index (χ0) is 11.1. The monoisotopic (exact) mass is 312 g/mol. The van der Waals surface area contributed by atoms with Crippen LogP contribution in [-0.4, -0.2) is 5.78 Å². The predicted molar refractivity (Wildman–Crippen MR) is 69.5 cm³/mol. The van der Waals surface area contributed by atoms with E-state index in [0.717, 1.165) is 14.3 Å². The van der Waals surface area contributed by atoms with Gasteiger partial charge in [0.05, 0.1) is 4.88 Å². The molecule has 16 heavy (non-hydrogen) atoms. The summed E-state index contributed by atoms with van der Waals surface area (Å²) in [6, 6.07) is 7.35. The van der Waals surface area contributed by atoms with Crippen LogP contribution in [0.25, 0.3) is 9.40 Å². The quantitative estimate of drug-likeness (QED) is 0.650. The van der Waals surface area contributed by atoms with Gasteiger partial charge in [-0.2, -0.15) is 0 Å². The molecule has 0 saturated heterocycles. The highest BCUT2D eigenvalue weighted by Gasteiger charge is 2.16. The molecule has 3 aromatic heterocycles. The summed E-state index contributed by atoms with van der Waals surface area (Å²) in [5.41, 5.74) is 0. The zero-order valence-corrected chi connectivity index (χ0v) is 11.1. The summed E-state index contributed by atoms with van der Waals surface area (Å²) in [6.07, 6.45) is 0. The number of ketones is 1. The van der Waals surface area contributed by atoms with Crippen LogP contribution < -0.4 is 0 Å². The number of furan rings is 1. The van der Waals surface area contributed by atoms with Crippen LogP contribution >= 0.6 is 38.6 Å². The highest BCUT2D eigenvalue weighted by Crippen LogP contribution is 2.31. The molecule has 80 valence electrons. The molecular weight excluding hydrogens is 308 g/mol. The Labute approximate surface area is 108 Å². The lowest BCUT2D eigenvalue weighted by Crippen LogP contribution is -1.95. The van der Waals surface area contributed by atoms with E-state index in [2.05, 4.69) is 15.9 Å². The second-order valence-electron chi connectivity index (χ2n) is 3.19. The fourth-order valence-corrected chi connectivity index (χ4v) is 3.80. The van der Waals surface area contributed by atoms with Crippen molar-refractivity contribution in [1.29, 1.82) is 0 Å². The summed E-state index contributed by atoms with van der Waals surface area (Å²) in [7, 11) is 0. The molecule has 0 atom stereocenters. The minimum absolute atomic E-state index is 0.0564. The highest BCUT2D eigenvalue weighted by molar-refractivity contribution is 9.10. The maximum Gasteiger partial charge on any atom is 0.238 e. The van der Waals surface area contributed by atoms with E-state index < -0.39 is 0 Å². The van der Waals surface area contributed by atoms with Crippen LogP contribution in [-0.2, 0) is 0 Å². The third kappa shape index (κ3) is 1.65. The summed E-state index contributed by atoms with van der Waals surface area (Å²) in [5.74, 6) is 0.319. The summed E-state index contributed by atoms with van der Waals surface area (Å²) in [5, 5.41) is 2.03. The van der Waals surface area contributed by atoms with Crippen molar-refractivity contribution in [3.05, 3.63) is 45.0 Å². The van der Waals surface area contributed by atoms with Crippen LogP contribution in [0, 0.1) is 0 Å². The number of thiophene rings is 2. The summed E-state index contributed by atoms with van der Waals surface area (Å²) in [6.45, 7) is 0. The molecule has 0 spiro atoms. The van der Waals surface area contributed by atoms with Crippen LogP contribution in [0.2, 0.25) is 0 Å². The maximum absolute atomic E-state index is 12.0. The van der Waals surface area contributed by atoms with Crippen molar-refractivity contribution in [2.24, 2.45) is 0 Å². The largest absolute Gasteiger partial charge is 0.446 e. The van der Waals surface area contributed by atoms with Crippen molar-refractivity contribution in [1.82, 2.24) is 0 Å². The molecule has 0 bridgehead atoms. The first-order valence-electron chi connectivity index (χ1n) is 4.51. The lowest BCUT2D eigenvalue weighted by Gasteiger charge is -1.90. The number of halogens is 1. The fraction of sp³-hybridized carbons (Fsp3) is 0. The molecule has 0 aliphatic rings. The average Bonchev–Trinajstić information content (AvgIpc) is 2.89. The SMILES string of the molecule is O=C(c1ccc(Br)o1)c1cc2sccc2s1. The molecule has 2 nitrogen and oxygen atoms in total. The minimum Gasteiger partial charge on any atom is -0.446 e. The van der Waals surface area contributed by atoms with Gasteiger partial charge >= 0.3 is 0 Å². The van der Waals surface area contributed by atoms with Gasteiger partial charge in [0.25, 0.3) is 0 Å². The number of rotatable bonds is 2. The van der Waals surface area contributed by atoms with Crippen molar-refractivity contribution < 1.29 is 9.21 Å². The number of hydrogen-bond acceptors (Lipinski definition) is 4. The van der Waals surface area contributed by atoms with Crippen LogP contribution in [0.4, 0.5) is 0 Å². The first-order chi connectivity index (χ1) is 7.74. The molecule has 5 heteroatoms. The predicted octanol–water partition coefficient (Wildman–Crippen LogP) is 4.55. The molecule has 0 aliphatic heterocycles. The maximum atomic E-state index is 12.0. The van der Waals surface area contributed by atoms with Crippen LogP contribution in [0.1, 0.15) is 15.4 Å². The van der Waals surface area contributed by atoms with E-state index in [-0.39, 0.29) is 5.78 Å². The standard InChI is InChI=1S/C11H5BrO2S2/c12-10-2-1-6(14-10)11(13)9-5-8-7(16-9)3-4-15-8/h1-5H. The van der Waals surface area contributed by atoms with Crippen molar-refractivity contribution in [3.8, 4) is 0 Å². The van der Waals surface area contributed by atoms with E-state index in [0.29, 0.717) is 10.4 Å². The topological polar surface area (TPSA) is 30.2 Å². The Morgan fingerprint density at radius 1 is 1.25 bits per heavy atom. The molecule has 0 amide bonds. The lowest BCUT2D eigenvalue weighted by molar-refractivity contribution is 0.101. The van der Waals surface area contributed by atoms with Gasteiger partial charge in [-0.05, 0) is 45.6 Å². The van der Waals surface area contributed by atoms with Gasteiger partial charge in [0.15, 0.2) is 10.4 Å². The Morgan fingerprint density at radius 3 is 2.81 bits per heavy atom. The molecule has 0 N–H and O–H groups in total. The average molecular weight is 313 g/mol. The van der Waals surface area contributed by atoms with E-state index in [1.54, 1.807) is 23.5 Å². The smallest absolute Gasteiger partial charge is 0.238 e. The number of hydrogen-bond donors (Lipinski definition) is 0. The summed E-state index contributed by atoms with van der Waals surface area (Å²) < 4.78 is 8.13. The van der Waals surface area contributed by atoms with Gasteiger partial charge in [-0.15, -0.1) is 22.7 Å². The van der Waals surface area contributed by atoms with Gasteiger partial charge in [-0.3, -0.25) is 4.79 Å². The van der Waals surface area contributed by atoms with Crippen LogP contribution in [0.15, 0.2) is 38.7 Å². The van der Waals surface area contributed by atoms with E-state index in [1.807, 2.05) is 17.5 Å². The Bertz CT molecular complexity index is 634. The Morgan fingerprint density at radius 2 is 2.12 bits per heavy atom. The summed E-state index contributed by atoms with van der Waals surface area (Å²) in [4.78, 5) is 12.8. The fourth-order valence-electron chi connectivity index (χ4n) is 1.44. The first-order valence-corrected chi connectivity index (χ1v) is 7.00. The molecular formula is C11H5BrO2S2. The van der Waals surface area contributed by atoms with Gasteiger partial charge in [0, 0.05) is 9.40 Å². The second kappa shape index (κ2) is 3.84. The third-order valence-electron chi connectivity index (χ3n) is 2.16. The molecule has 0 aliphatic carbocycles. The summed E-state index contributed by atoms with van der Waals surface area (Å²) >= 11 is 6.33. The number of carbonyl (C=O) groups excluding carboxylic acids is 1. The lowest BCUT2D eigenvalue weighted by atomic mass is 10.2. The molecule has 3 rings (SSSR count). The molecule has 0 radical (unpaired) electrons. The van der Waals surface area contributed by atoms with Gasteiger partial charge in [0.1, 0.15) is 0 Å². The van der Waals surface area contributed by atoms with Crippen molar-refractivity contribution in [3.63, 3.8) is 0 Å². The first kappa shape index (κ1) is 10.3. The highest BCUT2D eigenvalue weighted by atomic mass is 79.9. The molecule has 0 aromatic carbocycles. The van der Waals surface area contributed by atoms with E-state index >= 15 is 0 Å². The van der Waals surface area contributed by atoms with Crippen molar-refractivity contribution >= 4 is 53.8 Å².